The lowest BCUT2D eigenvalue weighted by molar-refractivity contribution is -0.134. The Labute approximate surface area is 307 Å². The molecule has 8 heteroatoms. The van der Waals surface area contributed by atoms with Crippen LogP contribution in [0.3, 0.4) is 0 Å². The van der Waals surface area contributed by atoms with Gasteiger partial charge in [0.15, 0.2) is 0 Å². The first kappa shape index (κ1) is 41.7. The number of nitrogens with zero attached hydrogens (tertiary/aromatic N) is 1. The fourth-order valence-electron chi connectivity index (χ4n) is 7.03. The summed E-state index contributed by atoms with van der Waals surface area (Å²) in [7, 11) is 0. The molecule has 0 saturated heterocycles. The number of carbonyl (C=O) groups excluding carboxylic acids is 3. The van der Waals surface area contributed by atoms with Crippen LogP contribution in [0.15, 0.2) is 35.7 Å². The highest BCUT2D eigenvalue weighted by Gasteiger charge is 2.26. The third kappa shape index (κ3) is 17.5. The summed E-state index contributed by atoms with van der Waals surface area (Å²) in [4.78, 5) is 40.8. The Hall–Kier alpha value is -2.71. The van der Waals surface area contributed by atoms with Gasteiger partial charge in [-0.2, -0.15) is 0 Å². The van der Waals surface area contributed by atoms with Gasteiger partial charge >= 0.3 is 5.97 Å². The van der Waals surface area contributed by atoms with Crippen LogP contribution in [0.1, 0.15) is 152 Å². The molecule has 0 radical (unpaired) electrons. The summed E-state index contributed by atoms with van der Waals surface area (Å²) in [5.41, 5.74) is 2.46. The van der Waals surface area contributed by atoms with Crippen molar-refractivity contribution in [3.8, 4) is 5.75 Å². The summed E-state index contributed by atoms with van der Waals surface area (Å²) >= 11 is 1.84. The molecule has 1 aliphatic rings. The van der Waals surface area contributed by atoms with Gasteiger partial charge in [0.1, 0.15) is 5.75 Å². The van der Waals surface area contributed by atoms with Gasteiger partial charge in [-0.1, -0.05) is 103 Å². The van der Waals surface area contributed by atoms with Crippen LogP contribution in [0, 0.1) is 0 Å². The Morgan fingerprint density at radius 1 is 0.740 bits per heavy atom. The van der Waals surface area contributed by atoms with Crippen molar-refractivity contribution < 1.29 is 19.1 Å². The van der Waals surface area contributed by atoms with Gasteiger partial charge < -0.3 is 15.4 Å². The smallest absolute Gasteiger partial charge is 0.312 e. The number of hydrogen-bond acceptors (Lipinski definition) is 6. The van der Waals surface area contributed by atoms with Gasteiger partial charge in [0.2, 0.25) is 11.8 Å². The molecule has 3 rings (SSSR count). The Morgan fingerprint density at radius 3 is 1.98 bits per heavy atom. The summed E-state index contributed by atoms with van der Waals surface area (Å²) in [6.45, 7) is 7.72. The second kappa shape index (κ2) is 26.1. The highest BCUT2D eigenvalue weighted by Crippen LogP contribution is 2.32. The SMILES string of the molecule is CCCCNC(=O)CCCCCCCCCCCCCCC(=O)NCCC(=O)Oc1cccc2c1CC[C@H](N(CCC)CCc1cccs1)C2. The molecule has 1 aromatic carbocycles. The molecule has 0 bridgehead atoms. The van der Waals surface area contributed by atoms with Crippen molar-refractivity contribution in [3.63, 3.8) is 0 Å². The van der Waals surface area contributed by atoms with E-state index in [-0.39, 0.29) is 24.2 Å². The van der Waals surface area contributed by atoms with Crippen molar-refractivity contribution in [1.29, 1.82) is 0 Å². The normalized spacial score (nSPS) is 14.0. The van der Waals surface area contributed by atoms with Crippen LogP contribution in [-0.4, -0.2) is 54.9 Å². The fraction of sp³-hybridized carbons (Fsp3) is 0.690. The highest BCUT2D eigenvalue weighted by molar-refractivity contribution is 7.09. The van der Waals surface area contributed by atoms with E-state index >= 15 is 0 Å². The molecule has 0 unspecified atom stereocenters. The molecule has 0 saturated carbocycles. The van der Waals surface area contributed by atoms with Gasteiger partial charge in [0.05, 0.1) is 6.42 Å². The Kier molecular flexibility index (Phi) is 21.8. The molecule has 7 nitrogen and oxygen atoms in total. The van der Waals surface area contributed by atoms with Crippen LogP contribution < -0.4 is 15.4 Å². The number of thiophene rings is 1. The maximum Gasteiger partial charge on any atom is 0.312 e. The molecule has 2 N–H and O–H groups in total. The molecule has 1 aromatic heterocycles. The third-order valence-electron chi connectivity index (χ3n) is 9.95. The van der Waals surface area contributed by atoms with E-state index in [1.807, 2.05) is 23.5 Å². The lowest BCUT2D eigenvalue weighted by atomic mass is 9.86. The van der Waals surface area contributed by atoms with Crippen molar-refractivity contribution in [2.24, 2.45) is 0 Å². The fourth-order valence-corrected chi connectivity index (χ4v) is 7.73. The molecular weight excluding hydrogens is 643 g/mol. The maximum atomic E-state index is 12.7. The predicted molar refractivity (Wildman–Crippen MR) is 208 cm³/mol. The number of benzene rings is 1. The van der Waals surface area contributed by atoms with E-state index in [4.69, 9.17) is 4.74 Å². The first-order valence-corrected chi connectivity index (χ1v) is 21.0. The molecule has 0 fully saturated rings. The molecule has 2 aromatic rings. The van der Waals surface area contributed by atoms with Crippen LogP contribution in [0.2, 0.25) is 0 Å². The summed E-state index contributed by atoms with van der Waals surface area (Å²) < 4.78 is 5.82. The van der Waals surface area contributed by atoms with E-state index in [1.54, 1.807) is 0 Å². The number of carbonyl (C=O) groups is 3. The minimum absolute atomic E-state index is 0.0220. The zero-order valence-electron chi connectivity index (χ0n) is 31.4. The monoisotopic (exact) mass is 709 g/mol. The standard InChI is InChI=1S/C42H67N3O4S/c1-3-5-29-43-40(46)23-16-14-12-10-8-6-7-9-11-13-15-17-24-41(47)44-30-27-42(48)49-39-22-18-20-35-34-36(25-26-38(35)39)45(31-4-2)32-28-37-21-19-33-50-37/h18-22,33,36H,3-17,23-32,34H2,1-2H3,(H,43,46)(H,44,47)/t36-/m0/s1. The maximum absolute atomic E-state index is 12.7. The van der Waals surface area contributed by atoms with Crippen molar-refractivity contribution in [2.45, 2.75) is 161 Å². The van der Waals surface area contributed by atoms with E-state index in [0.29, 0.717) is 31.2 Å². The number of esters is 1. The lowest BCUT2D eigenvalue weighted by Crippen LogP contribution is -2.41. The summed E-state index contributed by atoms with van der Waals surface area (Å²) in [5.74, 6) is 0.635. The molecule has 0 spiro atoms. The topological polar surface area (TPSA) is 87.7 Å². The number of nitrogens with one attached hydrogen (secondary N) is 2. The molecule has 2 amide bonds. The van der Waals surface area contributed by atoms with Gasteiger partial charge in [-0.3, -0.25) is 19.3 Å². The summed E-state index contributed by atoms with van der Waals surface area (Å²) in [6.07, 6.45) is 23.0. The van der Waals surface area contributed by atoms with Crippen LogP contribution in [0.4, 0.5) is 0 Å². The van der Waals surface area contributed by atoms with E-state index in [0.717, 1.165) is 90.3 Å². The van der Waals surface area contributed by atoms with Crippen molar-refractivity contribution in [3.05, 3.63) is 51.7 Å². The molecule has 50 heavy (non-hydrogen) atoms. The molecule has 1 aliphatic carbocycles. The summed E-state index contributed by atoms with van der Waals surface area (Å²) in [5, 5.41) is 8.06. The van der Waals surface area contributed by atoms with Crippen LogP contribution in [0.25, 0.3) is 0 Å². The Morgan fingerprint density at radius 2 is 1.38 bits per heavy atom. The quantitative estimate of drug-likeness (QED) is 0.0523. The number of hydrogen-bond donors (Lipinski definition) is 2. The number of ether oxygens (including phenoxy) is 1. The second-order valence-electron chi connectivity index (χ2n) is 14.2. The zero-order chi connectivity index (χ0) is 35.7. The van der Waals surface area contributed by atoms with E-state index in [9.17, 15) is 14.4 Å². The third-order valence-corrected chi connectivity index (χ3v) is 10.9. The average Bonchev–Trinajstić information content (AvgIpc) is 3.64. The van der Waals surface area contributed by atoms with Crippen LogP contribution in [-0.2, 0) is 33.6 Å². The van der Waals surface area contributed by atoms with Gasteiger partial charge in [-0.25, -0.2) is 0 Å². The van der Waals surface area contributed by atoms with E-state index in [2.05, 4.69) is 53.0 Å². The number of fused-ring (bicyclic) bond motifs is 1. The molecule has 1 atom stereocenters. The van der Waals surface area contributed by atoms with Crippen molar-refractivity contribution >= 4 is 29.1 Å². The molecule has 280 valence electrons. The first-order chi connectivity index (χ1) is 24.5. The van der Waals surface area contributed by atoms with Gasteiger partial charge in [0.25, 0.3) is 0 Å². The van der Waals surface area contributed by atoms with Gasteiger partial charge in [-0.05, 0) is 86.6 Å². The molecular formula is C42H67N3O4S. The van der Waals surface area contributed by atoms with Crippen molar-refractivity contribution in [2.75, 3.05) is 26.2 Å². The Bertz CT molecular complexity index is 1220. The average molecular weight is 710 g/mol. The largest absolute Gasteiger partial charge is 0.426 e. The zero-order valence-corrected chi connectivity index (χ0v) is 32.2. The second-order valence-corrected chi connectivity index (χ2v) is 15.2. The minimum Gasteiger partial charge on any atom is -0.426 e. The minimum atomic E-state index is -0.286. The number of amides is 2. The van der Waals surface area contributed by atoms with E-state index < -0.39 is 0 Å². The van der Waals surface area contributed by atoms with Crippen LogP contribution in [0.5, 0.6) is 5.75 Å². The number of rotatable bonds is 28. The first-order valence-electron chi connectivity index (χ1n) is 20.1. The van der Waals surface area contributed by atoms with Gasteiger partial charge in [-0.15, -0.1) is 11.3 Å². The van der Waals surface area contributed by atoms with Crippen LogP contribution >= 0.6 is 11.3 Å². The molecule has 0 aliphatic heterocycles. The summed E-state index contributed by atoms with van der Waals surface area (Å²) in [6, 6.07) is 11.0. The molecule has 1 heterocycles. The van der Waals surface area contributed by atoms with Crippen molar-refractivity contribution in [1.82, 2.24) is 15.5 Å². The Balaban J connectivity index is 1.17. The number of unbranched alkanes of at least 4 members (excludes halogenated alkanes) is 12. The van der Waals surface area contributed by atoms with Gasteiger partial charge in [0, 0.05) is 43.4 Å². The van der Waals surface area contributed by atoms with E-state index in [1.165, 1.54) is 67.4 Å². The predicted octanol–water partition coefficient (Wildman–Crippen LogP) is 9.35. The highest BCUT2D eigenvalue weighted by atomic mass is 32.1. The lowest BCUT2D eigenvalue weighted by Gasteiger charge is -2.35.